The quantitative estimate of drug-likeness (QED) is 0.825. The average Bonchev–Trinajstić information content (AvgIpc) is 2.68. The Kier molecular flexibility index (Phi) is 3.04. The number of nitrogens with two attached hydrogens (primary N) is 1. The van der Waals surface area contributed by atoms with Crippen molar-refractivity contribution in [3.8, 4) is 0 Å². The molecule has 0 aliphatic rings. The van der Waals surface area contributed by atoms with E-state index in [4.69, 9.17) is 10.3 Å². The molecule has 0 amide bonds. The minimum Gasteiger partial charge on any atom is -0.398 e. The number of aryl methyl sites for hydroxylation is 1. The van der Waals surface area contributed by atoms with E-state index in [9.17, 15) is 0 Å². The number of anilines is 2. The van der Waals surface area contributed by atoms with Gasteiger partial charge in [-0.2, -0.15) is 0 Å². The van der Waals surface area contributed by atoms with Crippen molar-refractivity contribution in [2.45, 2.75) is 20.4 Å². The number of hydrogen-bond donors (Lipinski definition) is 1. The second kappa shape index (κ2) is 4.49. The number of benzene rings is 1. The molecule has 0 bridgehead atoms. The lowest BCUT2D eigenvalue weighted by Crippen LogP contribution is -2.18. The normalized spacial score (nSPS) is 10.5. The van der Waals surface area contributed by atoms with Crippen LogP contribution in [-0.2, 0) is 6.54 Å². The third kappa shape index (κ3) is 2.41. The monoisotopic (exact) mass is 231 g/mol. The summed E-state index contributed by atoms with van der Waals surface area (Å²) in [5, 5.41) is 3.99. The molecule has 0 fully saturated rings. The third-order valence-corrected chi connectivity index (χ3v) is 2.83. The number of aromatic nitrogens is 1. The smallest absolute Gasteiger partial charge is 0.133 e. The fourth-order valence-corrected chi connectivity index (χ4v) is 1.87. The van der Waals surface area contributed by atoms with Crippen LogP contribution in [0.1, 0.15) is 17.0 Å². The van der Waals surface area contributed by atoms with Crippen LogP contribution >= 0.6 is 0 Å². The van der Waals surface area contributed by atoms with Crippen LogP contribution in [-0.4, -0.2) is 12.2 Å². The fraction of sp³-hybridized carbons (Fsp3) is 0.308. The zero-order valence-corrected chi connectivity index (χ0v) is 10.4. The van der Waals surface area contributed by atoms with Crippen LogP contribution in [0, 0.1) is 13.8 Å². The molecule has 0 unspecified atom stereocenters. The molecule has 1 aromatic heterocycles. The molecule has 0 aliphatic carbocycles. The Morgan fingerprint density at radius 1 is 1.35 bits per heavy atom. The van der Waals surface area contributed by atoms with Gasteiger partial charge in [-0.05, 0) is 31.5 Å². The van der Waals surface area contributed by atoms with Gasteiger partial charge < -0.3 is 15.2 Å². The van der Waals surface area contributed by atoms with Gasteiger partial charge >= 0.3 is 0 Å². The Hall–Kier alpha value is -1.97. The zero-order valence-electron chi connectivity index (χ0n) is 10.4. The first-order valence-electron chi connectivity index (χ1n) is 5.56. The molecule has 2 aromatic rings. The predicted octanol–water partition coefficient (Wildman–Crippen LogP) is 2.51. The maximum atomic E-state index is 5.90. The van der Waals surface area contributed by atoms with Gasteiger partial charge in [0, 0.05) is 24.5 Å². The van der Waals surface area contributed by atoms with Crippen LogP contribution < -0.4 is 10.6 Å². The van der Waals surface area contributed by atoms with Crippen LogP contribution in [0.15, 0.2) is 28.8 Å². The van der Waals surface area contributed by atoms with E-state index in [0.717, 1.165) is 28.4 Å². The van der Waals surface area contributed by atoms with Crippen molar-refractivity contribution >= 4 is 11.4 Å². The molecular weight excluding hydrogens is 214 g/mol. The number of hydrogen-bond acceptors (Lipinski definition) is 4. The average molecular weight is 231 g/mol. The second-order valence-electron chi connectivity index (χ2n) is 4.28. The summed E-state index contributed by atoms with van der Waals surface area (Å²) < 4.78 is 5.05. The van der Waals surface area contributed by atoms with Crippen LogP contribution in [0.2, 0.25) is 0 Å². The molecule has 0 saturated carbocycles. The first-order valence-corrected chi connectivity index (χ1v) is 5.56. The molecule has 0 radical (unpaired) electrons. The highest BCUT2D eigenvalue weighted by molar-refractivity contribution is 5.63. The van der Waals surface area contributed by atoms with Gasteiger partial charge in [-0.3, -0.25) is 0 Å². The zero-order chi connectivity index (χ0) is 12.4. The molecule has 4 nitrogen and oxygen atoms in total. The van der Waals surface area contributed by atoms with Gasteiger partial charge in [0.25, 0.3) is 0 Å². The van der Waals surface area contributed by atoms with Crippen molar-refractivity contribution in [3.05, 3.63) is 41.3 Å². The number of nitrogen functional groups attached to an aromatic ring is 1. The van der Waals surface area contributed by atoms with Crippen molar-refractivity contribution in [2.75, 3.05) is 17.7 Å². The Morgan fingerprint density at radius 3 is 2.76 bits per heavy atom. The van der Waals surface area contributed by atoms with Crippen molar-refractivity contribution in [1.82, 2.24) is 5.16 Å². The molecule has 17 heavy (non-hydrogen) atoms. The summed E-state index contributed by atoms with van der Waals surface area (Å²) in [5.41, 5.74) is 9.84. The Morgan fingerprint density at radius 2 is 2.12 bits per heavy atom. The van der Waals surface area contributed by atoms with Crippen LogP contribution in [0.4, 0.5) is 11.4 Å². The van der Waals surface area contributed by atoms with E-state index in [1.54, 1.807) is 0 Å². The van der Waals surface area contributed by atoms with Crippen LogP contribution in [0.3, 0.4) is 0 Å². The van der Waals surface area contributed by atoms with Gasteiger partial charge in [0.05, 0.1) is 6.54 Å². The van der Waals surface area contributed by atoms with Gasteiger partial charge in [0.15, 0.2) is 0 Å². The molecule has 1 heterocycles. The van der Waals surface area contributed by atoms with Gasteiger partial charge in [-0.25, -0.2) is 0 Å². The maximum absolute atomic E-state index is 5.90. The molecule has 90 valence electrons. The van der Waals surface area contributed by atoms with E-state index in [2.05, 4.69) is 16.1 Å². The standard InChI is InChI=1S/C13H17N3O/c1-9-7-11(15-17-9)8-16(3)13-6-4-5-12(14)10(13)2/h4-7H,8,14H2,1-3H3. The summed E-state index contributed by atoms with van der Waals surface area (Å²) in [7, 11) is 2.02. The van der Waals surface area contributed by atoms with Crippen molar-refractivity contribution in [2.24, 2.45) is 0 Å². The molecule has 0 aliphatic heterocycles. The molecule has 1 aromatic carbocycles. The summed E-state index contributed by atoms with van der Waals surface area (Å²) >= 11 is 0. The van der Waals surface area contributed by atoms with Gasteiger partial charge in [0.1, 0.15) is 11.5 Å². The minimum atomic E-state index is 0.710. The van der Waals surface area contributed by atoms with Crippen LogP contribution in [0.5, 0.6) is 0 Å². The maximum Gasteiger partial charge on any atom is 0.133 e. The molecule has 0 spiro atoms. The first-order chi connectivity index (χ1) is 8.08. The van der Waals surface area contributed by atoms with Crippen molar-refractivity contribution < 1.29 is 4.52 Å². The lowest BCUT2D eigenvalue weighted by atomic mass is 10.1. The SMILES string of the molecule is Cc1cc(CN(C)c2cccc(N)c2C)no1. The highest BCUT2D eigenvalue weighted by Gasteiger charge is 2.09. The Bertz CT molecular complexity index is 519. The minimum absolute atomic E-state index is 0.710. The summed E-state index contributed by atoms with van der Waals surface area (Å²) in [6, 6.07) is 7.87. The fourth-order valence-electron chi connectivity index (χ4n) is 1.87. The lowest BCUT2D eigenvalue weighted by molar-refractivity contribution is 0.390. The third-order valence-electron chi connectivity index (χ3n) is 2.83. The summed E-state index contributed by atoms with van der Waals surface area (Å²) in [6.45, 7) is 4.62. The molecule has 2 rings (SSSR count). The summed E-state index contributed by atoms with van der Waals surface area (Å²) in [6.07, 6.45) is 0. The Balaban J connectivity index is 2.20. The highest BCUT2D eigenvalue weighted by atomic mass is 16.5. The summed E-state index contributed by atoms with van der Waals surface area (Å²) in [4.78, 5) is 2.11. The largest absolute Gasteiger partial charge is 0.398 e. The van der Waals surface area contributed by atoms with Gasteiger partial charge in [-0.1, -0.05) is 11.2 Å². The Labute approximate surface area is 101 Å². The molecule has 0 saturated heterocycles. The summed E-state index contributed by atoms with van der Waals surface area (Å²) in [5.74, 6) is 0.831. The molecule has 0 atom stereocenters. The molecule has 2 N–H and O–H groups in total. The lowest BCUT2D eigenvalue weighted by Gasteiger charge is -2.20. The van der Waals surface area contributed by atoms with E-state index < -0.39 is 0 Å². The number of nitrogens with zero attached hydrogens (tertiary/aromatic N) is 2. The van der Waals surface area contributed by atoms with E-state index in [0.29, 0.717) is 6.54 Å². The van der Waals surface area contributed by atoms with Crippen LogP contribution in [0.25, 0.3) is 0 Å². The van der Waals surface area contributed by atoms with Crippen molar-refractivity contribution in [3.63, 3.8) is 0 Å². The van der Waals surface area contributed by atoms with E-state index in [1.807, 2.05) is 39.1 Å². The number of rotatable bonds is 3. The topological polar surface area (TPSA) is 55.3 Å². The van der Waals surface area contributed by atoms with Crippen molar-refractivity contribution in [1.29, 1.82) is 0 Å². The van der Waals surface area contributed by atoms with Gasteiger partial charge in [-0.15, -0.1) is 0 Å². The molecule has 4 heteroatoms. The van der Waals surface area contributed by atoms with E-state index in [1.165, 1.54) is 0 Å². The molecular formula is C13H17N3O. The highest BCUT2D eigenvalue weighted by Crippen LogP contribution is 2.24. The predicted molar refractivity (Wildman–Crippen MR) is 68.9 cm³/mol. The first kappa shape index (κ1) is 11.5. The van der Waals surface area contributed by atoms with E-state index in [-0.39, 0.29) is 0 Å². The van der Waals surface area contributed by atoms with E-state index >= 15 is 0 Å². The second-order valence-corrected chi connectivity index (χ2v) is 4.28. The van der Waals surface area contributed by atoms with Gasteiger partial charge in [0.2, 0.25) is 0 Å².